The van der Waals surface area contributed by atoms with Crippen LogP contribution < -0.4 is 0 Å². The van der Waals surface area contributed by atoms with Crippen molar-refractivity contribution in [2.75, 3.05) is 19.3 Å². The number of carbonyl (C=O) groups is 1. The lowest BCUT2D eigenvalue weighted by Crippen LogP contribution is -2.42. The first-order valence-corrected chi connectivity index (χ1v) is 11.6. The summed E-state index contributed by atoms with van der Waals surface area (Å²) in [5, 5.41) is 8.06. The van der Waals surface area contributed by atoms with Gasteiger partial charge in [0.05, 0.1) is 16.5 Å². The number of nitrogens with one attached hydrogen (secondary N) is 1. The van der Waals surface area contributed by atoms with Gasteiger partial charge >= 0.3 is 0 Å². The molecule has 1 fully saturated rings. The second kappa shape index (κ2) is 9.02. The summed E-state index contributed by atoms with van der Waals surface area (Å²) < 4.78 is 23.3. The molecule has 0 radical (unpaired) electrons. The first kappa shape index (κ1) is 22.1. The molecule has 158 valence electrons. The molecule has 1 amide bonds. The van der Waals surface area contributed by atoms with Crippen molar-refractivity contribution in [3.05, 3.63) is 65.4 Å². The SMILES string of the molecule is CS(=O)(=O)C1CCN(C(=O)c2ccc(/C=C/c3n[nH]c4ccccc34)cc2)CC1.Cl. The van der Waals surface area contributed by atoms with Gasteiger partial charge in [-0.15, -0.1) is 12.4 Å². The Morgan fingerprint density at radius 1 is 1.07 bits per heavy atom. The summed E-state index contributed by atoms with van der Waals surface area (Å²) >= 11 is 0. The number of halogens is 1. The van der Waals surface area contributed by atoms with Crippen LogP contribution in [0.2, 0.25) is 0 Å². The van der Waals surface area contributed by atoms with Crippen molar-refractivity contribution in [2.24, 2.45) is 0 Å². The number of amides is 1. The maximum atomic E-state index is 12.7. The van der Waals surface area contributed by atoms with Crippen LogP contribution in [-0.4, -0.2) is 54.0 Å². The van der Waals surface area contributed by atoms with Gasteiger partial charge in [0, 0.05) is 30.3 Å². The fourth-order valence-corrected chi connectivity index (χ4v) is 4.76. The molecule has 30 heavy (non-hydrogen) atoms. The molecule has 0 aliphatic carbocycles. The van der Waals surface area contributed by atoms with Gasteiger partial charge in [-0.25, -0.2) is 8.42 Å². The lowest BCUT2D eigenvalue weighted by Gasteiger charge is -2.31. The molecule has 0 unspecified atom stereocenters. The Morgan fingerprint density at radius 3 is 2.40 bits per heavy atom. The molecule has 6 nitrogen and oxygen atoms in total. The average Bonchev–Trinajstić information content (AvgIpc) is 3.15. The third-order valence-corrected chi connectivity index (χ3v) is 7.11. The van der Waals surface area contributed by atoms with Crippen LogP contribution in [0.4, 0.5) is 0 Å². The zero-order valence-corrected chi connectivity index (χ0v) is 18.2. The van der Waals surface area contributed by atoms with Crippen LogP contribution in [0.5, 0.6) is 0 Å². The average molecular weight is 446 g/mol. The molecular formula is C22H24ClN3O3S. The van der Waals surface area contributed by atoms with Gasteiger partial charge in [-0.2, -0.15) is 5.10 Å². The van der Waals surface area contributed by atoms with Crippen LogP contribution in [-0.2, 0) is 9.84 Å². The zero-order chi connectivity index (χ0) is 20.4. The summed E-state index contributed by atoms with van der Waals surface area (Å²) in [6, 6.07) is 15.4. The van der Waals surface area contributed by atoms with Gasteiger partial charge in [-0.3, -0.25) is 9.89 Å². The van der Waals surface area contributed by atoms with Crippen LogP contribution in [0.15, 0.2) is 48.5 Å². The van der Waals surface area contributed by atoms with Gasteiger partial charge in [-0.1, -0.05) is 36.4 Å². The van der Waals surface area contributed by atoms with Crippen molar-refractivity contribution in [1.29, 1.82) is 0 Å². The van der Waals surface area contributed by atoms with Gasteiger partial charge in [0.1, 0.15) is 9.84 Å². The van der Waals surface area contributed by atoms with E-state index in [2.05, 4.69) is 10.2 Å². The number of nitrogens with zero attached hydrogens (tertiary/aromatic N) is 2. The van der Waals surface area contributed by atoms with Crippen LogP contribution in [0.3, 0.4) is 0 Å². The quantitative estimate of drug-likeness (QED) is 0.662. The number of H-pyrrole nitrogens is 1. The summed E-state index contributed by atoms with van der Waals surface area (Å²) in [4.78, 5) is 14.4. The second-order valence-electron chi connectivity index (χ2n) is 7.43. The van der Waals surface area contributed by atoms with Gasteiger partial charge in [0.2, 0.25) is 0 Å². The lowest BCUT2D eigenvalue weighted by atomic mass is 10.1. The molecule has 1 N–H and O–H groups in total. The molecule has 4 rings (SSSR count). The molecule has 1 aliphatic heterocycles. The highest BCUT2D eigenvalue weighted by Crippen LogP contribution is 2.20. The fraction of sp³-hybridized carbons (Fsp3) is 0.273. The Morgan fingerprint density at radius 2 is 1.73 bits per heavy atom. The molecule has 1 aliphatic rings. The standard InChI is InChI=1S/C22H23N3O3S.ClH/c1-29(27,28)18-12-14-25(15-13-18)22(26)17-9-6-16(7-10-17)8-11-21-19-4-2-3-5-20(19)23-24-21;/h2-11,18H,12-15H2,1H3,(H,23,24);1H/b11-8+;. The normalized spacial score (nSPS) is 15.4. The Balaban J connectivity index is 0.00000256. The fourth-order valence-electron chi connectivity index (χ4n) is 3.69. The molecular weight excluding hydrogens is 422 g/mol. The molecule has 1 saturated heterocycles. The summed E-state index contributed by atoms with van der Waals surface area (Å²) in [6.07, 6.45) is 6.19. The van der Waals surface area contributed by atoms with Crippen molar-refractivity contribution in [1.82, 2.24) is 15.1 Å². The molecule has 2 aromatic carbocycles. The van der Waals surface area contributed by atoms with Crippen molar-refractivity contribution in [3.8, 4) is 0 Å². The molecule has 3 aromatic rings. The van der Waals surface area contributed by atoms with E-state index in [1.807, 2.05) is 60.7 Å². The van der Waals surface area contributed by atoms with Gasteiger partial charge < -0.3 is 4.90 Å². The summed E-state index contributed by atoms with van der Waals surface area (Å²) in [5.41, 5.74) is 3.46. The maximum Gasteiger partial charge on any atom is 0.253 e. The number of fused-ring (bicyclic) bond motifs is 1. The highest BCUT2D eigenvalue weighted by atomic mass is 35.5. The van der Waals surface area contributed by atoms with E-state index in [0.717, 1.165) is 22.2 Å². The number of hydrogen-bond acceptors (Lipinski definition) is 4. The molecule has 0 saturated carbocycles. The first-order chi connectivity index (χ1) is 13.9. The highest BCUT2D eigenvalue weighted by molar-refractivity contribution is 7.91. The molecule has 0 bridgehead atoms. The number of aromatic amines is 1. The number of carbonyl (C=O) groups excluding carboxylic acids is 1. The maximum absolute atomic E-state index is 12.7. The topological polar surface area (TPSA) is 83.1 Å². The number of para-hydroxylation sites is 1. The van der Waals surface area contributed by atoms with E-state index < -0.39 is 9.84 Å². The lowest BCUT2D eigenvalue weighted by molar-refractivity contribution is 0.0725. The predicted molar refractivity (Wildman–Crippen MR) is 122 cm³/mol. The van der Waals surface area contributed by atoms with Crippen molar-refractivity contribution in [3.63, 3.8) is 0 Å². The predicted octanol–water partition coefficient (Wildman–Crippen LogP) is 3.80. The van der Waals surface area contributed by atoms with Crippen LogP contribution in [0.1, 0.15) is 34.5 Å². The molecule has 0 atom stereocenters. The number of benzene rings is 2. The monoisotopic (exact) mass is 445 g/mol. The van der Waals surface area contributed by atoms with Crippen molar-refractivity contribution in [2.45, 2.75) is 18.1 Å². The smallest absolute Gasteiger partial charge is 0.253 e. The highest BCUT2D eigenvalue weighted by Gasteiger charge is 2.29. The molecule has 8 heteroatoms. The molecule has 1 aromatic heterocycles. The number of sulfone groups is 1. The number of likely N-dealkylation sites (tertiary alicyclic amines) is 1. The summed E-state index contributed by atoms with van der Waals surface area (Å²) in [7, 11) is -3.04. The molecule has 2 heterocycles. The van der Waals surface area contributed by atoms with E-state index in [4.69, 9.17) is 0 Å². The Kier molecular flexibility index (Phi) is 6.63. The van der Waals surface area contributed by atoms with E-state index in [-0.39, 0.29) is 23.6 Å². The third kappa shape index (κ3) is 4.74. The minimum atomic E-state index is -3.04. The molecule has 0 spiro atoms. The zero-order valence-electron chi connectivity index (χ0n) is 16.6. The van der Waals surface area contributed by atoms with Crippen LogP contribution >= 0.6 is 12.4 Å². The number of hydrogen-bond donors (Lipinski definition) is 1. The van der Waals surface area contributed by atoms with Crippen molar-refractivity contribution < 1.29 is 13.2 Å². The van der Waals surface area contributed by atoms with E-state index >= 15 is 0 Å². The minimum Gasteiger partial charge on any atom is -0.339 e. The van der Waals surface area contributed by atoms with E-state index in [9.17, 15) is 13.2 Å². The second-order valence-corrected chi connectivity index (χ2v) is 9.76. The minimum absolute atomic E-state index is 0. The first-order valence-electron chi connectivity index (χ1n) is 9.61. The Labute approximate surface area is 182 Å². The Bertz CT molecular complexity index is 1160. The number of rotatable bonds is 4. The summed E-state index contributed by atoms with van der Waals surface area (Å²) in [6.45, 7) is 0.953. The van der Waals surface area contributed by atoms with Gasteiger partial charge in [-0.05, 0) is 42.7 Å². The van der Waals surface area contributed by atoms with Crippen molar-refractivity contribution >= 4 is 51.2 Å². The number of piperidine rings is 1. The Hall–Kier alpha value is -2.64. The van der Waals surface area contributed by atoms with Gasteiger partial charge in [0.25, 0.3) is 5.91 Å². The third-order valence-electron chi connectivity index (χ3n) is 5.43. The van der Waals surface area contributed by atoms with Crippen LogP contribution in [0.25, 0.3) is 23.1 Å². The van der Waals surface area contributed by atoms with E-state index in [1.54, 1.807) is 4.90 Å². The van der Waals surface area contributed by atoms with E-state index in [1.165, 1.54) is 6.26 Å². The van der Waals surface area contributed by atoms with Crippen LogP contribution in [0, 0.1) is 0 Å². The largest absolute Gasteiger partial charge is 0.339 e. The summed E-state index contributed by atoms with van der Waals surface area (Å²) in [5.74, 6) is -0.0502. The number of aromatic nitrogens is 2. The van der Waals surface area contributed by atoms with Gasteiger partial charge in [0.15, 0.2) is 0 Å². The van der Waals surface area contributed by atoms with E-state index in [0.29, 0.717) is 31.5 Å².